The average molecular weight is 305 g/mol. The van der Waals surface area contributed by atoms with Gasteiger partial charge in [-0.05, 0) is 38.5 Å². The van der Waals surface area contributed by atoms with Crippen LogP contribution in [0.1, 0.15) is 31.1 Å². The van der Waals surface area contributed by atoms with Crippen LogP contribution >= 0.6 is 0 Å². The number of piperazine rings is 1. The van der Waals surface area contributed by atoms with Gasteiger partial charge in [0, 0.05) is 31.9 Å². The van der Waals surface area contributed by atoms with E-state index in [1.807, 2.05) is 31.7 Å². The Kier molecular flexibility index (Phi) is 4.59. The largest absolute Gasteiger partial charge is 0.545 e. The maximum absolute atomic E-state index is 12.0. The number of rotatable bonds is 2. The van der Waals surface area contributed by atoms with Gasteiger partial charge in [0.1, 0.15) is 5.60 Å². The van der Waals surface area contributed by atoms with Crippen molar-refractivity contribution in [1.29, 1.82) is 0 Å². The summed E-state index contributed by atoms with van der Waals surface area (Å²) >= 11 is 0. The molecule has 0 N–H and O–H groups in total. The molecule has 0 atom stereocenters. The number of carbonyl (C=O) groups is 2. The van der Waals surface area contributed by atoms with E-state index >= 15 is 0 Å². The van der Waals surface area contributed by atoms with Gasteiger partial charge in [-0.1, -0.05) is 12.1 Å². The van der Waals surface area contributed by atoms with Crippen molar-refractivity contribution in [3.05, 3.63) is 29.8 Å². The van der Waals surface area contributed by atoms with Gasteiger partial charge in [0.15, 0.2) is 0 Å². The molecule has 0 spiro atoms. The van der Waals surface area contributed by atoms with Crippen molar-refractivity contribution in [2.75, 3.05) is 31.1 Å². The van der Waals surface area contributed by atoms with Gasteiger partial charge in [-0.15, -0.1) is 0 Å². The number of ether oxygens (including phenoxy) is 1. The van der Waals surface area contributed by atoms with Gasteiger partial charge in [-0.2, -0.15) is 0 Å². The highest BCUT2D eigenvalue weighted by atomic mass is 16.6. The molecule has 1 aliphatic heterocycles. The van der Waals surface area contributed by atoms with Crippen LogP contribution in [0, 0.1) is 0 Å². The quantitative estimate of drug-likeness (QED) is 0.818. The van der Waals surface area contributed by atoms with Gasteiger partial charge in [0.25, 0.3) is 0 Å². The van der Waals surface area contributed by atoms with Crippen LogP contribution in [0.2, 0.25) is 0 Å². The van der Waals surface area contributed by atoms with Crippen molar-refractivity contribution in [1.82, 2.24) is 4.90 Å². The van der Waals surface area contributed by atoms with Crippen LogP contribution in [0.4, 0.5) is 10.5 Å². The van der Waals surface area contributed by atoms with E-state index in [0.717, 1.165) is 5.69 Å². The number of aromatic carboxylic acids is 1. The number of hydrogen-bond acceptors (Lipinski definition) is 5. The normalized spacial score (nSPS) is 15.6. The van der Waals surface area contributed by atoms with E-state index < -0.39 is 11.6 Å². The Hall–Kier alpha value is -2.24. The molecule has 0 aromatic heterocycles. The van der Waals surface area contributed by atoms with E-state index in [2.05, 4.69) is 0 Å². The predicted molar refractivity (Wildman–Crippen MR) is 80.8 cm³/mol. The number of anilines is 1. The van der Waals surface area contributed by atoms with Crippen LogP contribution in [0.25, 0.3) is 0 Å². The summed E-state index contributed by atoms with van der Waals surface area (Å²) in [6.07, 6.45) is -0.310. The molecule has 1 fully saturated rings. The maximum atomic E-state index is 12.0. The van der Waals surface area contributed by atoms with Crippen LogP contribution in [0.3, 0.4) is 0 Å². The molecular formula is C16H21N2O4-. The molecule has 22 heavy (non-hydrogen) atoms. The Morgan fingerprint density at radius 2 is 1.77 bits per heavy atom. The minimum absolute atomic E-state index is 0.159. The molecular weight excluding hydrogens is 284 g/mol. The number of carbonyl (C=O) groups excluding carboxylic acids is 2. The summed E-state index contributed by atoms with van der Waals surface area (Å²) < 4.78 is 5.35. The fourth-order valence-electron chi connectivity index (χ4n) is 2.30. The second-order valence-corrected chi connectivity index (χ2v) is 6.29. The first-order valence-corrected chi connectivity index (χ1v) is 7.30. The molecule has 0 bridgehead atoms. The van der Waals surface area contributed by atoms with E-state index in [-0.39, 0.29) is 11.7 Å². The van der Waals surface area contributed by atoms with E-state index in [1.54, 1.807) is 17.0 Å². The van der Waals surface area contributed by atoms with Crippen LogP contribution in [0.15, 0.2) is 24.3 Å². The number of benzene rings is 1. The first-order valence-electron chi connectivity index (χ1n) is 7.30. The molecule has 1 heterocycles. The zero-order valence-corrected chi connectivity index (χ0v) is 13.2. The predicted octanol–water partition coefficient (Wildman–Crippen LogP) is 1.11. The summed E-state index contributed by atoms with van der Waals surface area (Å²) in [6.45, 7) is 7.88. The third-order valence-electron chi connectivity index (χ3n) is 3.38. The van der Waals surface area contributed by atoms with Gasteiger partial charge in [0.2, 0.25) is 0 Å². The number of carboxylic acids is 1. The van der Waals surface area contributed by atoms with Crippen LogP contribution in [0.5, 0.6) is 0 Å². The first-order chi connectivity index (χ1) is 10.3. The lowest BCUT2D eigenvalue weighted by Gasteiger charge is -2.36. The van der Waals surface area contributed by atoms with E-state index in [4.69, 9.17) is 4.74 Å². The Labute approximate surface area is 130 Å². The molecule has 1 aliphatic rings. The number of nitrogens with zero attached hydrogens (tertiary/aromatic N) is 2. The van der Waals surface area contributed by atoms with Gasteiger partial charge in [-0.25, -0.2) is 4.79 Å². The number of hydrogen-bond donors (Lipinski definition) is 0. The lowest BCUT2D eigenvalue weighted by molar-refractivity contribution is -0.255. The number of carboxylic acid groups (broad SMARTS) is 1. The Morgan fingerprint density at radius 1 is 1.14 bits per heavy atom. The summed E-state index contributed by atoms with van der Waals surface area (Å²) in [5, 5.41) is 10.9. The third-order valence-corrected chi connectivity index (χ3v) is 3.38. The third kappa shape index (κ3) is 4.13. The van der Waals surface area contributed by atoms with Crippen molar-refractivity contribution >= 4 is 17.7 Å². The maximum Gasteiger partial charge on any atom is 0.410 e. The lowest BCUT2D eigenvalue weighted by atomic mass is 10.1. The molecule has 120 valence electrons. The monoisotopic (exact) mass is 305 g/mol. The Bertz CT molecular complexity index is 558. The van der Waals surface area contributed by atoms with Crippen molar-refractivity contribution in [2.45, 2.75) is 26.4 Å². The molecule has 1 saturated heterocycles. The van der Waals surface area contributed by atoms with Crippen molar-refractivity contribution in [3.8, 4) is 0 Å². The zero-order chi connectivity index (χ0) is 16.3. The topological polar surface area (TPSA) is 72.9 Å². The van der Waals surface area contributed by atoms with Crippen molar-refractivity contribution in [2.24, 2.45) is 0 Å². The molecule has 0 unspecified atom stereocenters. The molecule has 1 aromatic carbocycles. The summed E-state index contributed by atoms with van der Waals surface area (Å²) in [7, 11) is 0. The summed E-state index contributed by atoms with van der Waals surface area (Å²) in [6, 6.07) is 6.66. The van der Waals surface area contributed by atoms with Gasteiger partial charge in [0.05, 0.1) is 5.97 Å². The van der Waals surface area contributed by atoms with Gasteiger partial charge < -0.3 is 24.4 Å². The second kappa shape index (κ2) is 6.25. The highest BCUT2D eigenvalue weighted by molar-refractivity contribution is 5.87. The fourth-order valence-corrected chi connectivity index (χ4v) is 2.30. The smallest absolute Gasteiger partial charge is 0.410 e. The molecule has 2 rings (SSSR count). The van der Waals surface area contributed by atoms with Crippen LogP contribution in [-0.4, -0.2) is 48.7 Å². The van der Waals surface area contributed by atoms with E-state index in [9.17, 15) is 14.7 Å². The second-order valence-electron chi connectivity index (χ2n) is 6.29. The molecule has 0 radical (unpaired) electrons. The van der Waals surface area contributed by atoms with Crippen molar-refractivity contribution < 1.29 is 19.4 Å². The highest BCUT2D eigenvalue weighted by Gasteiger charge is 2.25. The standard InChI is InChI=1S/C16H22N2O4/c1-16(2,3)22-15(21)18-9-7-17(8-10-18)13-6-4-5-12(11-13)14(19)20/h4-6,11H,7-10H2,1-3H3,(H,19,20)/p-1. The van der Waals surface area contributed by atoms with Gasteiger partial charge in [-0.3, -0.25) is 0 Å². The minimum Gasteiger partial charge on any atom is -0.545 e. The molecule has 0 saturated carbocycles. The summed E-state index contributed by atoms with van der Waals surface area (Å²) in [4.78, 5) is 26.6. The average Bonchev–Trinajstić information content (AvgIpc) is 2.46. The van der Waals surface area contributed by atoms with Gasteiger partial charge >= 0.3 is 6.09 Å². The van der Waals surface area contributed by atoms with Crippen molar-refractivity contribution in [3.63, 3.8) is 0 Å². The molecule has 0 aliphatic carbocycles. The SMILES string of the molecule is CC(C)(C)OC(=O)N1CCN(c2cccc(C(=O)[O-])c2)CC1. The Balaban J connectivity index is 1.96. The van der Waals surface area contributed by atoms with Crippen LogP contribution in [-0.2, 0) is 4.74 Å². The fraction of sp³-hybridized carbons (Fsp3) is 0.500. The molecule has 6 heteroatoms. The van der Waals surface area contributed by atoms with E-state index in [1.165, 1.54) is 6.07 Å². The number of amides is 1. The van der Waals surface area contributed by atoms with Crippen LogP contribution < -0.4 is 10.0 Å². The minimum atomic E-state index is -1.19. The molecule has 1 aromatic rings. The lowest BCUT2D eigenvalue weighted by Crippen LogP contribution is -2.50. The molecule has 1 amide bonds. The Morgan fingerprint density at radius 3 is 2.32 bits per heavy atom. The zero-order valence-electron chi connectivity index (χ0n) is 13.2. The van der Waals surface area contributed by atoms with E-state index in [0.29, 0.717) is 26.2 Å². The first kappa shape index (κ1) is 16.1. The summed E-state index contributed by atoms with van der Waals surface area (Å²) in [5.41, 5.74) is 0.481. The highest BCUT2D eigenvalue weighted by Crippen LogP contribution is 2.19. The summed E-state index contributed by atoms with van der Waals surface area (Å²) in [5.74, 6) is -1.19. The molecule has 6 nitrogen and oxygen atoms in total.